The number of carbonyl (C=O) groups excluding carboxylic acids is 1. The molecule has 5 heteroatoms. The van der Waals surface area contributed by atoms with Gasteiger partial charge in [0.1, 0.15) is 12.4 Å². The Balaban J connectivity index is 1.83. The van der Waals surface area contributed by atoms with E-state index in [2.05, 4.69) is 4.90 Å². The van der Waals surface area contributed by atoms with Crippen LogP contribution in [0.1, 0.15) is 25.7 Å². The van der Waals surface area contributed by atoms with Crippen molar-refractivity contribution in [1.29, 1.82) is 0 Å². The van der Waals surface area contributed by atoms with Crippen LogP contribution in [0, 0.1) is 0 Å². The van der Waals surface area contributed by atoms with Crippen molar-refractivity contribution in [3.05, 3.63) is 29.3 Å². The summed E-state index contributed by atoms with van der Waals surface area (Å²) in [6.07, 6.45) is 4.77. The predicted octanol–water partition coefficient (Wildman–Crippen LogP) is 3.14. The number of halogens is 1. The van der Waals surface area contributed by atoms with Gasteiger partial charge in [0.2, 0.25) is 0 Å². The van der Waals surface area contributed by atoms with E-state index >= 15 is 0 Å². The van der Waals surface area contributed by atoms with Gasteiger partial charge in [-0.3, -0.25) is 9.69 Å². The van der Waals surface area contributed by atoms with Gasteiger partial charge in [-0.1, -0.05) is 24.4 Å². The summed E-state index contributed by atoms with van der Waals surface area (Å²) in [5.41, 5.74) is 0. The van der Waals surface area contributed by atoms with E-state index in [4.69, 9.17) is 21.1 Å². The highest BCUT2D eigenvalue weighted by atomic mass is 35.5. The molecule has 0 saturated heterocycles. The first-order chi connectivity index (χ1) is 10.2. The molecule has 4 nitrogen and oxygen atoms in total. The molecule has 0 radical (unpaired) electrons. The molecule has 1 saturated carbocycles. The van der Waals surface area contributed by atoms with Crippen molar-refractivity contribution in [2.45, 2.75) is 31.7 Å². The molecule has 0 spiro atoms. The first kappa shape index (κ1) is 16.1. The number of nitrogens with zero attached hydrogens (tertiary/aromatic N) is 1. The topological polar surface area (TPSA) is 38.8 Å². The minimum atomic E-state index is -0.187. The fourth-order valence-electron chi connectivity index (χ4n) is 2.70. The van der Waals surface area contributed by atoms with Crippen molar-refractivity contribution in [3.63, 3.8) is 0 Å². The molecule has 2 rings (SSSR count). The number of ether oxygens (including phenoxy) is 2. The van der Waals surface area contributed by atoms with E-state index in [-0.39, 0.29) is 5.97 Å². The molecule has 116 valence electrons. The minimum Gasteiger partial charge on any atom is -0.492 e. The molecule has 0 bridgehead atoms. The zero-order chi connectivity index (χ0) is 15.1. The SMILES string of the molecule is COC(=O)CN(CCOc1ccc(Cl)cc1)C1CCCC1. The van der Waals surface area contributed by atoms with Crippen LogP contribution in [-0.2, 0) is 9.53 Å². The fraction of sp³-hybridized carbons (Fsp3) is 0.562. The van der Waals surface area contributed by atoms with E-state index < -0.39 is 0 Å². The van der Waals surface area contributed by atoms with Crippen molar-refractivity contribution in [2.24, 2.45) is 0 Å². The van der Waals surface area contributed by atoms with Gasteiger partial charge in [0.25, 0.3) is 0 Å². The second-order valence-electron chi connectivity index (χ2n) is 5.29. The third-order valence-corrected chi connectivity index (χ3v) is 4.11. The first-order valence-corrected chi connectivity index (χ1v) is 7.76. The normalized spacial score (nSPS) is 15.4. The van der Waals surface area contributed by atoms with Crippen molar-refractivity contribution < 1.29 is 14.3 Å². The Morgan fingerprint density at radius 1 is 1.29 bits per heavy atom. The monoisotopic (exact) mass is 311 g/mol. The maximum atomic E-state index is 11.5. The van der Waals surface area contributed by atoms with Gasteiger partial charge in [-0.05, 0) is 37.1 Å². The fourth-order valence-corrected chi connectivity index (χ4v) is 2.83. The molecule has 0 unspecified atom stereocenters. The lowest BCUT2D eigenvalue weighted by molar-refractivity contribution is -0.142. The molecule has 0 aromatic heterocycles. The highest BCUT2D eigenvalue weighted by molar-refractivity contribution is 6.30. The highest BCUT2D eigenvalue weighted by Gasteiger charge is 2.24. The number of rotatable bonds is 7. The van der Waals surface area contributed by atoms with Crippen LogP contribution < -0.4 is 4.74 Å². The van der Waals surface area contributed by atoms with Crippen LogP contribution in [0.25, 0.3) is 0 Å². The summed E-state index contributed by atoms with van der Waals surface area (Å²) in [6.45, 7) is 1.61. The van der Waals surface area contributed by atoms with Crippen molar-refractivity contribution in [1.82, 2.24) is 4.90 Å². The van der Waals surface area contributed by atoms with Crippen LogP contribution in [0.2, 0.25) is 5.02 Å². The largest absolute Gasteiger partial charge is 0.492 e. The number of hydrogen-bond acceptors (Lipinski definition) is 4. The lowest BCUT2D eigenvalue weighted by Crippen LogP contribution is -2.40. The second kappa shape index (κ2) is 8.25. The van der Waals surface area contributed by atoms with Crippen molar-refractivity contribution in [2.75, 3.05) is 26.8 Å². The average Bonchev–Trinajstić information content (AvgIpc) is 3.02. The van der Waals surface area contributed by atoms with E-state index in [0.29, 0.717) is 24.2 Å². The van der Waals surface area contributed by atoms with E-state index in [1.165, 1.54) is 20.0 Å². The van der Waals surface area contributed by atoms with E-state index in [1.54, 1.807) is 12.1 Å². The number of hydrogen-bond donors (Lipinski definition) is 0. The summed E-state index contributed by atoms with van der Waals surface area (Å²) in [5.74, 6) is 0.609. The summed E-state index contributed by atoms with van der Waals surface area (Å²) in [7, 11) is 1.43. The Kier molecular flexibility index (Phi) is 6.33. The number of benzene rings is 1. The van der Waals surface area contributed by atoms with Gasteiger partial charge in [-0.15, -0.1) is 0 Å². The Labute approximate surface area is 131 Å². The summed E-state index contributed by atoms with van der Waals surface area (Å²) < 4.78 is 10.5. The van der Waals surface area contributed by atoms with E-state index in [0.717, 1.165) is 25.1 Å². The smallest absolute Gasteiger partial charge is 0.319 e. The molecule has 21 heavy (non-hydrogen) atoms. The minimum absolute atomic E-state index is 0.187. The molecule has 0 atom stereocenters. The van der Waals surface area contributed by atoms with Gasteiger partial charge in [-0.25, -0.2) is 0 Å². The summed E-state index contributed by atoms with van der Waals surface area (Å²) >= 11 is 5.84. The molecule has 1 fully saturated rings. The van der Waals surface area contributed by atoms with Gasteiger partial charge >= 0.3 is 5.97 Å². The van der Waals surface area contributed by atoms with Gasteiger partial charge < -0.3 is 9.47 Å². The molecule has 1 aliphatic carbocycles. The highest BCUT2D eigenvalue weighted by Crippen LogP contribution is 2.23. The molecule has 1 aromatic rings. The van der Waals surface area contributed by atoms with Crippen molar-refractivity contribution >= 4 is 17.6 Å². The third kappa shape index (κ3) is 5.21. The molecule has 1 aliphatic rings. The molecule has 0 heterocycles. The standard InChI is InChI=1S/C16H22ClNO3/c1-20-16(19)12-18(14-4-2-3-5-14)10-11-21-15-8-6-13(17)7-9-15/h6-9,14H,2-5,10-12H2,1H3. The van der Waals surface area contributed by atoms with Crippen LogP contribution in [0.5, 0.6) is 5.75 Å². The number of carbonyl (C=O) groups is 1. The summed E-state index contributed by atoms with van der Waals surface area (Å²) in [5, 5.41) is 0.695. The van der Waals surface area contributed by atoms with Crippen LogP contribution in [0.15, 0.2) is 24.3 Å². The third-order valence-electron chi connectivity index (χ3n) is 3.86. The summed E-state index contributed by atoms with van der Waals surface area (Å²) in [6, 6.07) is 7.78. The number of methoxy groups -OCH3 is 1. The van der Waals surface area contributed by atoms with Gasteiger partial charge in [0.05, 0.1) is 13.7 Å². The predicted molar refractivity (Wildman–Crippen MR) is 82.8 cm³/mol. The number of esters is 1. The second-order valence-corrected chi connectivity index (χ2v) is 5.72. The van der Waals surface area contributed by atoms with Crippen LogP contribution in [0.3, 0.4) is 0 Å². The maximum absolute atomic E-state index is 11.5. The molecular weight excluding hydrogens is 290 g/mol. The Hall–Kier alpha value is -1.26. The molecule has 1 aromatic carbocycles. The zero-order valence-corrected chi connectivity index (χ0v) is 13.1. The van der Waals surface area contributed by atoms with E-state index in [1.807, 2.05) is 12.1 Å². The zero-order valence-electron chi connectivity index (χ0n) is 12.4. The van der Waals surface area contributed by atoms with Gasteiger partial charge in [0.15, 0.2) is 0 Å². The maximum Gasteiger partial charge on any atom is 0.319 e. The Morgan fingerprint density at radius 3 is 2.57 bits per heavy atom. The summed E-state index contributed by atoms with van der Waals surface area (Å²) in [4.78, 5) is 13.7. The Morgan fingerprint density at radius 2 is 1.95 bits per heavy atom. The molecule has 0 aliphatic heterocycles. The molecule has 0 amide bonds. The van der Waals surface area contributed by atoms with Crippen LogP contribution in [-0.4, -0.2) is 43.7 Å². The van der Waals surface area contributed by atoms with Gasteiger partial charge in [-0.2, -0.15) is 0 Å². The average molecular weight is 312 g/mol. The first-order valence-electron chi connectivity index (χ1n) is 7.38. The van der Waals surface area contributed by atoms with Crippen molar-refractivity contribution in [3.8, 4) is 5.75 Å². The van der Waals surface area contributed by atoms with E-state index in [9.17, 15) is 4.79 Å². The van der Waals surface area contributed by atoms with Gasteiger partial charge in [0, 0.05) is 17.6 Å². The van der Waals surface area contributed by atoms with Crippen LogP contribution in [0.4, 0.5) is 0 Å². The lowest BCUT2D eigenvalue weighted by atomic mass is 10.2. The Bertz CT molecular complexity index is 443. The molecule has 0 N–H and O–H groups in total. The quantitative estimate of drug-likeness (QED) is 0.725. The lowest BCUT2D eigenvalue weighted by Gasteiger charge is -2.27. The molecular formula is C16H22ClNO3. The van der Waals surface area contributed by atoms with Crippen LogP contribution >= 0.6 is 11.6 Å².